The zero-order valence-corrected chi connectivity index (χ0v) is 9.12. The minimum Gasteiger partial charge on any atom is -0.369 e. The third-order valence-electron chi connectivity index (χ3n) is 2.93. The number of hydrogen-bond donors (Lipinski definition) is 0. The number of allylic oxidation sites excluding steroid dienone is 1. The van der Waals surface area contributed by atoms with Crippen molar-refractivity contribution in [2.24, 2.45) is 11.8 Å². The molecule has 0 unspecified atom stereocenters. The molecule has 1 heterocycles. The smallest absolute Gasteiger partial charge is 0.0867 e. The van der Waals surface area contributed by atoms with Crippen molar-refractivity contribution in [1.29, 1.82) is 0 Å². The van der Waals surface area contributed by atoms with Gasteiger partial charge < -0.3 is 4.74 Å². The minimum atomic E-state index is 0.523. The van der Waals surface area contributed by atoms with Crippen LogP contribution in [0.15, 0.2) is 12.7 Å². The summed E-state index contributed by atoms with van der Waals surface area (Å²) < 4.78 is 5.66. The van der Waals surface area contributed by atoms with Gasteiger partial charge in [-0.15, -0.1) is 6.58 Å². The van der Waals surface area contributed by atoms with Crippen LogP contribution in [0.3, 0.4) is 0 Å². The Kier molecular flexibility index (Phi) is 3.98. The molecule has 1 aliphatic heterocycles. The molecule has 0 amide bonds. The average Bonchev–Trinajstić information content (AvgIpc) is 2.84. The third-order valence-corrected chi connectivity index (χ3v) is 2.93. The normalized spacial score (nSPS) is 31.0. The monoisotopic (exact) mass is 182 g/mol. The van der Waals surface area contributed by atoms with Gasteiger partial charge in [-0.25, -0.2) is 0 Å². The Bertz CT molecular complexity index is 165. The molecular formula is C12H22O. The largest absolute Gasteiger partial charge is 0.369 e. The van der Waals surface area contributed by atoms with Crippen LogP contribution < -0.4 is 0 Å². The molecule has 1 fully saturated rings. The third kappa shape index (κ3) is 3.15. The Morgan fingerprint density at radius 1 is 1.46 bits per heavy atom. The summed E-state index contributed by atoms with van der Waals surface area (Å²) in [5.41, 5.74) is 0. The van der Waals surface area contributed by atoms with Gasteiger partial charge in [-0.1, -0.05) is 33.3 Å². The molecule has 4 atom stereocenters. The predicted octanol–water partition coefficient (Wildman–Crippen LogP) is 3.40. The zero-order chi connectivity index (χ0) is 9.84. The maximum absolute atomic E-state index is 5.66. The zero-order valence-electron chi connectivity index (χ0n) is 9.12. The molecule has 0 aliphatic carbocycles. The molecule has 1 heteroatoms. The van der Waals surface area contributed by atoms with Crippen LogP contribution in [0.1, 0.15) is 40.0 Å². The molecule has 76 valence electrons. The summed E-state index contributed by atoms with van der Waals surface area (Å²) in [6.07, 6.45) is 6.80. The van der Waals surface area contributed by atoms with Crippen LogP contribution in [0.5, 0.6) is 0 Å². The van der Waals surface area contributed by atoms with Gasteiger partial charge in [0.2, 0.25) is 0 Å². The van der Waals surface area contributed by atoms with Crippen LogP contribution in [0, 0.1) is 11.8 Å². The van der Waals surface area contributed by atoms with E-state index in [0.717, 1.165) is 12.3 Å². The van der Waals surface area contributed by atoms with Crippen LogP contribution in [0.4, 0.5) is 0 Å². The van der Waals surface area contributed by atoms with Crippen LogP contribution in [0.2, 0.25) is 0 Å². The second kappa shape index (κ2) is 4.80. The summed E-state index contributed by atoms with van der Waals surface area (Å²) in [6, 6.07) is 0. The standard InChI is InChI=1S/C12H22O/c1-5-7-10(4)12-11(13-12)8-9(3)6-2/h6,9-12H,2,5,7-8H2,1,3-4H3/t9-,10-,11-,12-/m1/s1. The van der Waals surface area contributed by atoms with Crippen molar-refractivity contribution in [2.75, 3.05) is 0 Å². The quantitative estimate of drug-likeness (QED) is 0.453. The number of epoxide rings is 1. The van der Waals surface area contributed by atoms with Gasteiger partial charge in [-0.3, -0.25) is 0 Å². The summed E-state index contributed by atoms with van der Waals surface area (Å²) in [5.74, 6) is 1.34. The molecule has 13 heavy (non-hydrogen) atoms. The highest BCUT2D eigenvalue weighted by molar-refractivity contribution is 4.92. The second-order valence-corrected chi connectivity index (χ2v) is 4.35. The first-order chi connectivity index (χ1) is 6.19. The first-order valence-electron chi connectivity index (χ1n) is 5.47. The lowest BCUT2D eigenvalue weighted by atomic mass is 9.96. The topological polar surface area (TPSA) is 12.5 Å². The maximum atomic E-state index is 5.66. The van der Waals surface area contributed by atoms with Crippen molar-refractivity contribution in [3.63, 3.8) is 0 Å². The molecule has 0 N–H and O–H groups in total. The van der Waals surface area contributed by atoms with E-state index in [9.17, 15) is 0 Å². The van der Waals surface area contributed by atoms with E-state index in [-0.39, 0.29) is 0 Å². The Labute approximate surface area is 82.2 Å². The van der Waals surface area contributed by atoms with E-state index in [0.29, 0.717) is 18.1 Å². The molecule has 0 radical (unpaired) electrons. The van der Waals surface area contributed by atoms with Crippen LogP contribution in [0.25, 0.3) is 0 Å². The Balaban J connectivity index is 2.18. The van der Waals surface area contributed by atoms with Gasteiger partial charge in [0.1, 0.15) is 0 Å². The lowest BCUT2D eigenvalue weighted by Gasteiger charge is -2.06. The molecule has 1 aliphatic rings. The summed E-state index contributed by atoms with van der Waals surface area (Å²) in [7, 11) is 0. The van der Waals surface area contributed by atoms with Gasteiger partial charge in [-0.2, -0.15) is 0 Å². The highest BCUT2D eigenvalue weighted by Crippen LogP contribution is 2.36. The van der Waals surface area contributed by atoms with E-state index in [1.807, 2.05) is 6.08 Å². The van der Waals surface area contributed by atoms with Gasteiger partial charge in [0.15, 0.2) is 0 Å². The van der Waals surface area contributed by atoms with Crippen molar-refractivity contribution >= 4 is 0 Å². The molecular weight excluding hydrogens is 160 g/mol. The fraction of sp³-hybridized carbons (Fsp3) is 0.833. The molecule has 1 saturated heterocycles. The van der Waals surface area contributed by atoms with Crippen LogP contribution >= 0.6 is 0 Å². The number of ether oxygens (including phenoxy) is 1. The maximum Gasteiger partial charge on any atom is 0.0867 e. The summed E-state index contributed by atoms with van der Waals surface area (Å²) in [5, 5.41) is 0. The van der Waals surface area contributed by atoms with Gasteiger partial charge >= 0.3 is 0 Å². The summed E-state index contributed by atoms with van der Waals surface area (Å²) in [4.78, 5) is 0. The highest BCUT2D eigenvalue weighted by Gasteiger charge is 2.42. The summed E-state index contributed by atoms with van der Waals surface area (Å²) in [6.45, 7) is 10.5. The molecule has 0 aromatic heterocycles. The lowest BCUT2D eigenvalue weighted by molar-refractivity contribution is 0.309. The van der Waals surface area contributed by atoms with E-state index in [2.05, 4.69) is 27.4 Å². The van der Waals surface area contributed by atoms with Crippen molar-refractivity contribution in [3.8, 4) is 0 Å². The first kappa shape index (κ1) is 10.8. The molecule has 0 bridgehead atoms. The van der Waals surface area contributed by atoms with E-state index < -0.39 is 0 Å². The number of hydrogen-bond acceptors (Lipinski definition) is 1. The van der Waals surface area contributed by atoms with Gasteiger partial charge in [-0.05, 0) is 24.7 Å². The van der Waals surface area contributed by atoms with Crippen molar-refractivity contribution < 1.29 is 4.74 Å². The van der Waals surface area contributed by atoms with Crippen molar-refractivity contribution in [3.05, 3.63) is 12.7 Å². The molecule has 0 aromatic carbocycles. The van der Waals surface area contributed by atoms with E-state index in [4.69, 9.17) is 4.74 Å². The molecule has 0 spiro atoms. The van der Waals surface area contributed by atoms with E-state index in [1.54, 1.807) is 0 Å². The highest BCUT2D eigenvalue weighted by atomic mass is 16.6. The SMILES string of the molecule is C=C[C@@H](C)C[C@H]1O[C@@H]1[C@H](C)CCC. The second-order valence-electron chi connectivity index (χ2n) is 4.35. The first-order valence-corrected chi connectivity index (χ1v) is 5.47. The van der Waals surface area contributed by atoms with Crippen molar-refractivity contribution in [1.82, 2.24) is 0 Å². The molecule has 0 aromatic rings. The van der Waals surface area contributed by atoms with Crippen LogP contribution in [-0.2, 0) is 4.74 Å². The van der Waals surface area contributed by atoms with Gasteiger partial charge in [0.25, 0.3) is 0 Å². The average molecular weight is 182 g/mol. The minimum absolute atomic E-state index is 0.523. The predicted molar refractivity (Wildman–Crippen MR) is 56.7 cm³/mol. The van der Waals surface area contributed by atoms with E-state index >= 15 is 0 Å². The van der Waals surface area contributed by atoms with Crippen molar-refractivity contribution in [2.45, 2.75) is 52.2 Å². The lowest BCUT2D eigenvalue weighted by Crippen LogP contribution is -2.08. The number of rotatable bonds is 6. The summed E-state index contributed by atoms with van der Waals surface area (Å²) >= 11 is 0. The van der Waals surface area contributed by atoms with E-state index in [1.165, 1.54) is 12.8 Å². The van der Waals surface area contributed by atoms with Gasteiger partial charge in [0, 0.05) is 0 Å². The Morgan fingerprint density at radius 2 is 2.15 bits per heavy atom. The Morgan fingerprint density at radius 3 is 2.69 bits per heavy atom. The fourth-order valence-corrected chi connectivity index (χ4v) is 1.93. The molecule has 1 nitrogen and oxygen atoms in total. The molecule has 0 saturated carbocycles. The fourth-order valence-electron chi connectivity index (χ4n) is 1.93. The van der Waals surface area contributed by atoms with Gasteiger partial charge in [0.05, 0.1) is 12.2 Å². The molecule has 1 rings (SSSR count). The Hall–Kier alpha value is -0.300. The van der Waals surface area contributed by atoms with Crippen LogP contribution in [-0.4, -0.2) is 12.2 Å².